The summed E-state index contributed by atoms with van der Waals surface area (Å²) in [5.74, 6) is -0.904. The summed E-state index contributed by atoms with van der Waals surface area (Å²) in [5.41, 5.74) is 0. The molecule has 82 heavy (non-hydrogen) atoms. The van der Waals surface area contributed by atoms with Gasteiger partial charge >= 0.3 is 17.9 Å². The summed E-state index contributed by atoms with van der Waals surface area (Å²) < 4.78 is 17.0. The van der Waals surface area contributed by atoms with Gasteiger partial charge in [0.2, 0.25) is 0 Å². The Morgan fingerprint density at radius 2 is 0.488 bits per heavy atom. The van der Waals surface area contributed by atoms with Gasteiger partial charge in [-0.15, -0.1) is 0 Å². The first-order valence-electron chi connectivity index (χ1n) is 34.5. The molecule has 0 spiro atoms. The van der Waals surface area contributed by atoms with Crippen molar-refractivity contribution in [1.82, 2.24) is 0 Å². The third kappa shape index (κ3) is 66.6. The number of rotatable bonds is 62. The Bertz CT molecular complexity index is 1690. The van der Waals surface area contributed by atoms with Gasteiger partial charge < -0.3 is 14.2 Å². The average Bonchev–Trinajstić information content (AvgIpc) is 3.47. The molecule has 0 rings (SSSR count). The number of carbonyl (C=O) groups excluding carboxylic acids is 3. The van der Waals surface area contributed by atoms with Crippen LogP contribution in [0, 0.1) is 0 Å². The van der Waals surface area contributed by atoms with Crippen molar-refractivity contribution in [2.24, 2.45) is 0 Å². The predicted molar refractivity (Wildman–Crippen MR) is 357 cm³/mol. The van der Waals surface area contributed by atoms with E-state index in [1.54, 1.807) is 0 Å². The molecule has 0 saturated carbocycles. The molecule has 0 saturated heterocycles. The van der Waals surface area contributed by atoms with Crippen LogP contribution < -0.4 is 0 Å². The van der Waals surface area contributed by atoms with Crippen LogP contribution in [-0.2, 0) is 28.6 Å². The molecule has 0 bridgehead atoms. The number of hydrogen-bond acceptors (Lipinski definition) is 6. The first-order chi connectivity index (χ1) is 40.5. The van der Waals surface area contributed by atoms with Gasteiger partial charge in [-0.1, -0.05) is 296 Å². The van der Waals surface area contributed by atoms with E-state index in [1.165, 1.54) is 148 Å². The Morgan fingerprint density at radius 3 is 0.780 bits per heavy atom. The van der Waals surface area contributed by atoms with Crippen molar-refractivity contribution in [2.45, 2.75) is 329 Å². The normalized spacial score (nSPS) is 12.9. The second-order valence-electron chi connectivity index (χ2n) is 22.7. The maximum Gasteiger partial charge on any atom is 0.306 e. The molecule has 0 heterocycles. The first-order valence-corrected chi connectivity index (χ1v) is 34.5. The van der Waals surface area contributed by atoms with Gasteiger partial charge in [-0.25, -0.2) is 0 Å². The SMILES string of the molecule is CC/C=C\C/C=C\C/C=C\C/C=C\C/C=C\CCCCCCCCCCCC(=O)OCC(COC(=O)CCCCCCC/C=C\C/C=C\CCCC)OC(=O)CCCCCCCCCCCC/C=C\C/C=C\C/C=C\CCCCCCC. The first kappa shape index (κ1) is 77.8. The molecule has 0 aromatic carbocycles. The fourth-order valence-corrected chi connectivity index (χ4v) is 9.49. The molecule has 468 valence electrons. The minimum atomic E-state index is -0.794. The maximum absolute atomic E-state index is 13.0. The summed E-state index contributed by atoms with van der Waals surface area (Å²) in [5, 5.41) is 0. The minimum absolute atomic E-state index is 0.0888. The molecular formula is C76H128O6. The second-order valence-corrected chi connectivity index (χ2v) is 22.7. The summed E-state index contributed by atoms with van der Waals surface area (Å²) >= 11 is 0. The Balaban J connectivity index is 4.36. The third-order valence-electron chi connectivity index (χ3n) is 14.7. The highest BCUT2D eigenvalue weighted by molar-refractivity contribution is 5.71. The topological polar surface area (TPSA) is 78.9 Å². The minimum Gasteiger partial charge on any atom is -0.462 e. The van der Waals surface area contributed by atoms with E-state index in [1.807, 2.05) is 0 Å². The highest BCUT2D eigenvalue weighted by Gasteiger charge is 2.19. The van der Waals surface area contributed by atoms with Crippen LogP contribution in [0.3, 0.4) is 0 Å². The zero-order chi connectivity index (χ0) is 59.2. The molecule has 0 fully saturated rings. The van der Waals surface area contributed by atoms with E-state index in [0.29, 0.717) is 19.3 Å². The van der Waals surface area contributed by atoms with Crippen molar-refractivity contribution in [1.29, 1.82) is 0 Å². The molecule has 0 aliphatic heterocycles. The van der Waals surface area contributed by atoms with Gasteiger partial charge in [0.25, 0.3) is 0 Å². The van der Waals surface area contributed by atoms with Crippen molar-refractivity contribution in [3.8, 4) is 0 Å². The van der Waals surface area contributed by atoms with E-state index in [-0.39, 0.29) is 31.1 Å². The van der Waals surface area contributed by atoms with Crippen molar-refractivity contribution >= 4 is 17.9 Å². The molecule has 6 heteroatoms. The highest BCUT2D eigenvalue weighted by Crippen LogP contribution is 2.16. The summed E-state index contributed by atoms with van der Waals surface area (Å²) in [6, 6.07) is 0. The smallest absolute Gasteiger partial charge is 0.306 e. The summed E-state index contributed by atoms with van der Waals surface area (Å²) in [7, 11) is 0. The van der Waals surface area contributed by atoms with Crippen LogP contribution in [-0.4, -0.2) is 37.2 Å². The highest BCUT2D eigenvalue weighted by atomic mass is 16.6. The van der Waals surface area contributed by atoms with Gasteiger partial charge in [-0.05, 0) is 128 Å². The lowest BCUT2D eigenvalue weighted by molar-refractivity contribution is -0.167. The zero-order valence-corrected chi connectivity index (χ0v) is 53.7. The van der Waals surface area contributed by atoms with Crippen LogP contribution in [0.5, 0.6) is 0 Å². The van der Waals surface area contributed by atoms with E-state index < -0.39 is 6.10 Å². The zero-order valence-electron chi connectivity index (χ0n) is 53.7. The van der Waals surface area contributed by atoms with Crippen LogP contribution in [0.15, 0.2) is 122 Å². The van der Waals surface area contributed by atoms with Gasteiger partial charge in [0, 0.05) is 19.3 Å². The van der Waals surface area contributed by atoms with E-state index in [4.69, 9.17) is 14.2 Å². The van der Waals surface area contributed by atoms with Gasteiger partial charge in [0.05, 0.1) is 0 Å². The van der Waals surface area contributed by atoms with Crippen LogP contribution >= 0.6 is 0 Å². The van der Waals surface area contributed by atoms with E-state index in [9.17, 15) is 14.4 Å². The lowest BCUT2D eigenvalue weighted by atomic mass is 10.0. The van der Waals surface area contributed by atoms with Crippen LogP contribution in [0.2, 0.25) is 0 Å². The number of unbranched alkanes of at least 4 members (excludes halogenated alkanes) is 31. The Morgan fingerprint density at radius 1 is 0.256 bits per heavy atom. The Hall–Kier alpha value is -4.19. The molecule has 0 aromatic heterocycles. The van der Waals surface area contributed by atoms with Crippen LogP contribution in [0.4, 0.5) is 0 Å². The Kier molecular flexibility index (Phi) is 65.8. The molecule has 0 amide bonds. The van der Waals surface area contributed by atoms with Crippen molar-refractivity contribution in [2.75, 3.05) is 13.2 Å². The number of carbonyl (C=O) groups is 3. The average molecular weight is 1140 g/mol. The fraction of sp³-hybridized carbons (Fsp3) is 0.697. The lowest BCUT2D eigenvalue weighted by Gasteiger charge is -2.18. The van der Waals surface area contributed by atoms with Gasteiger partial charge in [-0.3, -0.25) is 14.4 Å². The monoisotopic (exact) mass is 1140 g/mol. The van der Waals surface area contributed by atoms with E-state index in [0.717, 1.165) is 135 Å². The number of allylic oxidation sites excluding steroid dienone is 20. The second kappa shape index (κ2) is 69.3. The molecule has 6 nitrogen and oxygen atoms in total. The van der Waals surface area contributed by atoms with Crippen molar-refractivity contribution in [3.05, 3.63) is 122 Å². The van der Waals surface area contributed by atoms with Crippen molar-refractivity contribution < 1.29 is 28.6 Å². The standard InChI is InChI=1S/C76H128O6/c1-4-7-10-13-16-19-22-25-28-30-32-34-36-38-40-42-44-46-48-51-54-57-60-63-66-69-75(78)81-72-73(71-80-74(77)68-65-62-59-56-53-50-27-24-21-18-15-12-9-6-3)82-76(79)70-67-64-61-58-55-52-49-47-45-43-41-39-37-35-33-31-29-26-23-20-17-14-11-8-5-2/h7,10,15-16,18-19,23-28,31-34,37-40,73H,4-6,8-9,11-14,17,20-22,29-30,35-36,41-72H2,1-3H3/b10-7-,18-15-,19-16-,26-23-,27-24-,28-25-,33-31-,34-32-,39-37-,40-38-. The summed E-state index contributed by atoms with van der Waals surface area (Å²) in [4.78, 5) is 38.4. The summed E-state index contributed by atoms with van der Waals surface area (Å²) in [6.07, 6.45) is 96.4. The summed E-state index contributed by atoms with van der Waals surface area (Å²) in [6.45, 7) is 6.48. The molecule has 1 atom stereocenters. The molecular weight excluding hydrogens is 1010 g/mol. The number of hydrogen-bond donors (Lipinski definition) is 0. The van der Waals surface area contributed by atoms with E-state index in [2.05, 4.69) is 142 Å². The molecule has 0 radical (unpaired) electrons. The van der Waals surface area contributed by atoms with Crippen molar-refractivity contribution in [3.63, 3.8) is 0 Å². The largest absolute Gasteiger partial charge is 0.462 e. The Labute approximate surface area is 507 Å². The van der Waals surface area contributed by atoms with E-state index >= 15 is 0 Å². The predicted octanol–water partition coefficient (Wildman–Crippen LogP) is 23.9. The molecule has 0 N–H and O–H groups in total. The molecule has 1 unspecified atom stereocenters. The maximum atomic E-state index is 13.0. The lowest BCUT2D eigenvalue weighted by Crippen LogP contribution is -2.30. The molecule has 0 aliphatic carbocycles. The van der Waals surface area contributed by atoms with Crippen LogP contribution in [0.1, 0.15) is 323 Å². The van der Waals surface area contributed by atoms with Gasteiger partial charge in [0.15, 0.2) is 6.10 Å². The molecule has 0 aromatic rings. The fourth-order valence-electron chi connectivity index (χ4n) is 9.49. The van der Waals surface area contributed by atoms with Gasteiger partial charge in [0.1, 0.15) is 13.2 Å². The third-order valence-corrected chi connectivity index (χ3v) is 14.7. The number of esters is 3. The number of ether oxygens (including phenoxy) is 3. The quantitative estimate of drug-likeness (QED) is 0.0261. The van der Waals surface area contributed by atoms with Crippen LogP contribution in [0.25, 0.3) is 0 Å². The molecule has 0 aliphatic rings. The van der Waals surface area contributed by atoms with Gasteiger partial charge in [-0.2, -0.15) is 0 Å².